The molecule has 0 aromatic carbocycles. The largest absolute Gasteiger partial charge is 0.375 e. The molecule has 0 bridgehead atoms. The monoisotopic (exact) mass is 187 g/mol. The Morgan fingerprint density at radius 2 is 1.92 bits per heavy atom. The van der Waals surface area contributed by atoms with Crippen LogP contribution < -0.4 is 16.6 Å². The zero-order chi connectivity index (χ0) is 8.97. The van der Waals surface area contributed by atoms with Gasteiger partial charge in [-0.05, 0) is 25.1 Å². The van der Waals surface area contributed by atoms with Gasteiger partial charge in [0.2, 0.25) is 5.91 Å². The molecule has 0 saturated heterocycles. The van der Waals surface area contributed by atoms with Crippen molar-refractivity contribution in [1.82, 2.24) is 10.9 Å². The number of hydrogen-bond acceptors (Lipinski definition) is 2. The second-order valence-corrected chi connectivity index (χ2v) is 3.40. The lowest BCUT2D eigenvalue weighted by Crippen LogP contribution is -2.46. The predicted octanol–water partition coefficient (Wildman–Crippen LogP) is 0.0410. The van der Waals surface area contributed by atoms with Crippen molar-refractivity contribution in [3.63, 3.8) is 0 Å². The topological polar surface area (TPSA) is 67.2 Å². The van der Waals surface area contributed by atoms with Crippen LogP contribution in [0.3, 0.4) is 0 Å². The van der Waals surface area contributed by atoms with E-state index in [2.05, 4.69) is 23.1 Å². The Balaban J connectivity index is 2.23. The molecule has 0 atom stereocenters. The summed E-state index contributed by atoms with van der Waals surface area (Å²) in [6.07, 6.45) is 4.24. The summed E-state index contributed by atoms with van der Waals surface area (Å²) in [7, 11) is 0. The molecule has 0 spiro atoms. The van der Waals surface area contributed by atoms with Crippen LogP contribution in [0.15, 0.2) is 0 Å². The normalized spacial score (nSPS) is 17.3. The summed E-state index contributed by atoms with van der Waals surface area (Å²) in [5, 5.41) is 0.0985. The van der Waals surface area contributed by atoms with Gasteiger partial charge in [0, 0.05) is 5.92 Å². The summed E-state index contributed by atoms with van der Waals surface area (Å²) in [6, 6.07) is 0. The molecular formula is C7H13N3OS. The molecule has 68 valence electrons. The van der Waals surface area contributed by atoms with Gasteiger partial charge in [-0.3, -0.25) is 15.6 Å². The van der Waals surface area contributed by atoms with Crippen LogP contribution in [0.25, 0.3) is 0 Å². The van der Waals surface area contributed by atoms with E-state index in [0.29, 0.717) is 0 Å². The molecule has 0 aliphatic heterocycles. The Kier molecular flexibility index (Phi) is 3.28. The lowest BCUT2D eigenvalue weighted by Gasteiger charge is -2.10. The Labute approximate surface area is 76.9 Å². The van der Waals surface area contributed by atoms with Crippen LogP contribution in [-0.2, 0) is 4.79 Å². The summed E-state index contributed by atoms with van der Waals surface area (Å²) >= 11 is 4.54. The Morgan fingerprint density at radius 3 is 2.42 bits per heavy atom. The van der Waals surface area contributed by atoms with E-state index in [-0.39, 0.29) is 16.9 Å². The first-order valence-electron chi connectivity index (χ1n) is 4.05. The van der Waals surface area contributed by atoms with E-state index in [1.165, 1.54) is 0 Å². The first-order chi connectivity index (χ1) is 5.70. The Bertz CT molecular complexity index is 189. The van der Waals surface area contributed by atoms with Crippen LogP contribution in [0.4, 0.5) is 0 Å². The van der Waals surface area contributed by atoms with Gasteiger partial charge in [0.25, 0.3) is 0 Å². The molecule has 1 fully saturated rings. The van der Waals surface area contributed by atoms with Crippen molar-refractivity contribution < 1.29 is 4.79 Å². The highest BCUT2D eigenvalue weighted by atomic mass is 32.1. The molecule has 1 aliphatic rings. The number of nitrogens with one attached hydrogen (secondary N) is 2. The smallest absolute Gasteiger partial charge is 0.241 e. The number of hydrogen-bond donors (Lipinski definition) is 3. The highest BCUT2D eigenvalue weighted by Gasteiger charge is 2.22. The van der Waals surface area contributed by atoms with Gasteiger partial charge >= 0.3 is 0 Å². The van der Waals surface area contributed by atoms with Gasteiger partial charge in [-0.15, -0.1) is 0 Å². The number of rotatable bonds is 1. The predicted molar refractivity (Wildman–Crippen MR) is 50.0 cm³/mol. The van der Waals surface area contributed by atoms with Crippen LogP contribution in [0.5, 0.6) is 0 Å². The molecule has 5 heteroatoms. The number of nitrogens with two attached hydrogens (primary N) is 1. The first-order valence-corrected chi connectivity index (χ1v) is 4.46. The van der Waals surface area contributed by atoms with Crippen LogP contribution in [0.2, 0.25) is 0 Å². The zero-order valence-electron chi connectivity index (χ0n) is 6.80. The number of thiocarbonyl (C=S) groups is 1. The minimum Gasteiger partial charge on any atom is -0.375 e. The van der Waals surface area contributed by atoms with Gasteiger partial charge < -0.3 is 5.73 Å². The van der Waals surface area contributed by atoms with Gasteiger partial charge in [0.05, 0.1) is 0 Å². The minimum atomic E-state index is 0.000278. The van der Waals surface area contributed by atoms with Gasteiger partial charge in [-0.2, -0.15) is 0 Å². The third-order valence-electron chi connectivity index (χ3n) is 2.03. The molecule has 12 heavy (non-hydrogen) atoms. The Morgan fingerprint density at radius 1 is 1.33 bits per heavy atom. The molecule has 0 aromatic heterocycles. The summed E-state index contributed by atoms with van der Waals surface area (Å²) in [5.74, 6) is 0.146. The average Bonchev–Trinajstić information content (AvgIpc) is 2.51. The second-order valence-electron chi connectivity index (χ2n) is 2.96. The van der Waals surface area contributed by atoms with Gasteiger partial charge in [-0.1, -0.05) is 12.8 Å². The molecule has 0 unspecified atom stereocenters. The average molecular weight is 187 g/mol. The number of carbonyl (C=O) groups is 1. The maximum atomic E-state index is 11.3. The summed E-state index contributed by atoms with van der Waals surface area (Å²) in [5.41, 5.74) is 10.0. The maximum Gasteiger partial charge on any atom is 0.241 e. The fourth-order valence-corrected chi connectivity index (χ4v) is 1.46. The van der Waals surface area contributed by atoms with Crippen molar-refractivity contribution in [2.45, 2.75) is 25.7 Å². The SMILES string of the molecule is NC(=S)NNC(=O)C1CCCC1. The van der Waals surface area contributed by atoms with Crippen LogP contribution in [0.1, 0.15) is 25.7 Å². The van der Waals surface area contributed by atoms with Crippen molar-refractivity contribution in [1.29, 1.82) is 0 Å². The fourth-order valence-electron chi connectivity index (χ4n) is 1.41. The summed E-state index contributed by atoms with van der Waals surface area (Å²) in [6.45, 7) is 0. The van der Waals surface area contributed by atoms with E-state index in [1.807, 2.05) is 0 Å². The van der Waals surface area contributed by atoms with E-state index in [4.69, 9.17) is 5.73 Å². The highest BCUT2D eigenvalue weighted by molar-refractivity contribution is 7.80. The number of amides is 1. The van der Waals surface area contributed by atoms with Crippen LogP contribution in [-0.4, -0.2) is 11.0 Å². The summed E-state index contributed by atoms with van der Waals surface area (Å²) in [4.78, 5) is 11.3. The van der Waals surface area contributed by atoms with Crippen molar-refractivity contribution >= 4 is 23.2 Å². The highest BCUT2D eigenvalue weighted by Crippen LogP contribution is 2.24. The molecule has 1 aliphatic carbocycles. The summed E-state index contributed by atoms with van der Waals surface area (Å²) < 4.78 is 0. The third kappa shape index (κ3) is 2.65. The molecule has 1 saturated carbocycles. The standard InChI is InChI=1S/C7H13N3OS/c8-7(12)10-9-6(11)5-3-1-2-4-5/h5H,1-4H2,(H,9,11)(H3,8,10,12). The fraction of sp³-hybridized carbons (Fsp3) is 0.714. The molecule has 1 rings (SSSR count). The lowest BCUT2D eigenvalue weighted by atomic mass is 10.1. The van der Waals surface area contributed by atoms with Crippen LogP contribution >= 0.6 is 12.2 Å². The molecular weight excluding hydrogens is 174 g/mol. The van der Waals surface area contributed by atoms with Crippen molar-refractivity contribution in [2.24, 2.45) is 11.7 Å². The second kappa shape index (κ2) is 4.25. The number of carbonyl (C=O) groups excluding carboxylic acids is 1. The van der Waals surface area contributed by atoms with E-state index >= 15 is 0 Å². The molecule has 4 nitrogen and oxygen atoms in total. The van der Waals surface area contributed by atoms with E-state index in [0.717, 1.165) is 25.7 Å². The molecule has 0 heterocycles. The third-order valence-corrected chi connectivity index (χ3v) is 2.14. The number of hydrazine groups is 1. The first kappa shape index (κ1) is 9.25. The van der Waals surface area contributed by atoms with Gasteiger partial charge in [0.1, 0.15) is 0 Å². The lowest BCUT2D eigenvalue weighted by molar-refractivity contribution is -0.125. The van der Waals surface area contributed by atoms with Crippen molar-refractivity contribution in [3.05, 3.63) is 0 Å². The quantitative estimate of drug-likeness (QED) is 0.400. The van der Waals surface area contributed by atoms with Crippen LogP contribution in [0, 0.1) is 5.92 Å². The van der Waals surface area contributed by atoms with E-state index < -0.39 is 0 Å². The molecule has 4 N–H and O–H groups in total. The minimum absolute atomic E-state index is 0.000278. The van der Waals surface area contributed by atoms with Crippen molar-refractivity contribution in [3.8, 4) is 0 Å². The molecule has 1 amide bonds. The molecule has 0 radical (unpaired) electrons. The Hall–Kier alpha value is -0.840. The maximum absolute atomic E-state index is 11.3. The molecule has 0 aromatic rings. The van der Waals surface area contributed by atoms with Crippen molar-refractivity contribution in [2.75, 3.05) is 0 Å². The van der Waals surface area contributed by atoms with Gasteiger partial charge in [-0.25, -0.2) is 0 Å². The van der Waals surface area contributed by atoms with E-state index in [1.54, 1.807) is 0 Å². The van der Waals surface area contributed by atoms with Gasteiger partial charge in [0.15, 0.2) is 5.11 Å². The van der Waals surface area contributed by atoms with E-state index in [9.17, 15) is 4.79 Å². The zero-order valence-corrected chi connectivity index (χ0v) is 7.62.